The molecule has 12 heavy (non-hydrogen) atoms. The van der Waals surface area contributed by atoms with Gasteiger partial charge >= 0.3 is 0 Å². The minimum absolute atomic E-state index is 0.0497. The maximum Gasteiger partial charge on any atom is 0.152 e. The lowest BCUT2D eigenvalue weighted by Crippen LogP contribution is -2.15. The van der Waals surface area contributed by atoms with E-state index in [4.69, 9.17) is 20.4 Å². The van der Waals surface area contributed by atoms with Crippen molar-refractivity contribution in [2.75, 3.05) is 11.5 Å². The molecule has 5 nitrogen and oxygen atoms in total. The molecule has 0 aromatic heterocycles. The third-order valence-electron chi connectivity index (χ3n) is 1.21. The molecular weight excluding hydrogens is 184 g/mol. The molecule has 6 heteroatoms. The zero-order valence-corrected chi connectivity index (χ0v) is 7.40. The summed E-state index contributed by atoms with van der Waals surface area (Å²) in [6, 6.07) is 0. The van der Waals surface area contributed by atoms with Gasteiger partial charge in [-0.2, -0.15) is 0 Å². The quantitative estimate of drug-likeness (QED) is 0.375. The average molecular weight is 198 g/mol. The van der Waals surface area contributed by atoms with Crippen LogP contribution in [0, 0.1) is 0 Å². The van der Waals surface area contributed by atoms with E-state index in [-0.39, 0.29) is 24.3 Å². The molecule has 0 heterocycles. The predicted octanol–water partition coefficient (Wildman–Crippen LogP) is -1.86. The number of rotatable bonds is 6. The maximum atomic E-state index is 10.9. The van der Waals surface area contributed by atoms with Crippen LogP contribution in [0.4, 0.5) is 0 Å². The molecule has 0 spiro atoms. The zero-order valence-electron chi connectivity index (χ0n) is 6.59. The minimum Gasteiger partial charge on any atom is -0.368 e. The molecule has 0 rings (SSSR count). The van der Waals surface area contributed by atoms with Gasteiger partial charge in [-0.3, -0.25) is 4.21 Å². The summed E-state index contributed by atoms with van der Waals surface area (Å²) in [6.45, 7) is 0. The largest absolute Gasteiger partial charge is 0.368 e. The van der Waals surface area contributed by atoms with Crippen molar-refractivity contribution in [3.63, 3.8) is 0 Å². The Balaban J connectivity index is 3.34. The molecule has 0 saturated carbocycles. The monoisotopic (exact) mass is 198 g/mol. The first-order valence-corrected chi connectivity index (χ1v) is 5.08. The van der Waals surface area contributed by atoms with Gasteiger partial charge in [0.05, 0.1) is 0 Å². The van der Waals surface area contributed by atoms with E-state index in [1.807, 2.05) is 0 Å². The first-order chi connectivity index (χ1) is 5.52. The number of hydrogen-bond acceptors (Lipinski definition) is 5. The molecule has 0 aliphatic rings. The summed E-state index contributed by atoms with van der Waals surface area (Å²) in [4.78, 5) is 0. The van der Waals surface area contributed by atoms with Crippen LogP contribution in [0.1, 0.15) is 12.8 Å². The third kappa shape index (κ3) is 8.09. The predicted molar refractivity (Wildman–Crippen MR) is 43.6 cm³/mol. The third-order valence-corrected chi connectivity index (χ3v) is 2.59. The fourth-order valence-electron chi connectivity index (χ4n) is 0.576. The van der Waals surface area contributed by atoms with E-state index in [2.05, 4.69) is 0 Å². The van der Waals surface area contributed by atoms with Crippen LogP contribution in [0.5, 0.6) is 0 Å². The van der Waals surface area contributed by atoms with Crippen molar-refractivity contribution in [2.45, 2.75) is 25.4 Å². The molecular formula is C6H14O5S. The van der Waals surface area contributed by atoms with Crippen LogP contribution in [0.15, 0.2) is 0 Å². The Labute approximate surface area is 73.1 Å². The summed E-state index contributed by atoms with van der Waals surface area (Å²) < 4.78 is 10.9. The smallest absolute Gasteiger partial charge is 0.152 e. The molecule has 0 aromatic carbocycles. The molecule has 0 radical (unpaired) electrons. The molecule has 0 atom stereocenters. The summed E-state index contributed by atoms with van der Waals surface area (Å²) in [5.74, 6) is 0.342. The van der Waals surface area contributed by atoms with Gasteiger partial charge in [0.1, 0.15) is 0 Å². The Kier molecular flexibility index (Phi) is 6.49. The van der Waals surface area contributed by atoms with Gasteiger partial charge in [0.15, 0.2) is 12.6 Å². The van der Waals surface area contributed by atoms with Crippen molar-refractivity contribution in [1.82, 2.24) is 0 Å². The van der Waals surface area contributed by atoms with Crippen LogP contribution in [-0.2, 0) is 10.8 Å². The average Bonchev–Trinajstić information content (AvgIpc) is 1.96. The lowest BCUT2D eigenvalue weighted by atomic mass is 10.5. The highest BCUT2D eigenvalue weighted by molar-refractivity contribution is 7.84. The van der Waals surface area contributed by atoms with Crippen LogP contribution in [-0.4, -0.2) is 48.7 Å². The number of aliphatic hydroxyl groups is 4. The molecule has 0 aliphatic heterocycles. The summed E-state index contributed by atoms with van der Waals surface area (Å²) in [6.07, 6.45) is -2.77. The van der Waals surface area contributed by atoms with Crippen LogP contribution < -0.4 is 0 Å². The Morgan fingerprint density at radius 2 is 1.25 bits per heavy atom. The molecule has 0 aromatic rings. The van der Waals surface area contributed by atoms with Crippen molar-refractivity contribution in [3.8, 4) is 0 Å². The molecule has 4 N–H and O–H groups in total. The van der Waals surface area contributed by atoms with E-state index >= 15 is 0 Å². The minimum atomic E-state index is -1.44. The van der Waals surface area contributed by atoms with E-state index in [0.29, 0.717) is 0 Å². The van der Waals surface area contributed by atoms with E-state index in [1.54, 1.807) is 0 Å². The highest BCUT2D eigenvalue weighted by Gasteiger charge is 2.05. The fourth-order valence-corrected chi connectivity index (χ4v) is 1.73. The van der Waals surface area contributed by atoms with E-state index in [0.717, 1.165) is 0 Å². The first kappa shape index (κ1) is 12.0. The van der Waals surface area contributed by atoms with Crippen LogP contribution in [0.25, 0.3) is 0 Å². The summed E-state index contributed by atoms with van der Waals surface area (Å²) in [5.41, 5.74) is 0. The van der Waals surface area contributed by atoms with Gasteiger partial charge in [0.25, 0.3) is 0 Å². The molecule has 0 bridgehead atoms. The SMILES string of the molecule is O=S(CCC(O)O)CCC(O)O. The topological polar surface area (TPSA) is 98.0 Å². The molecule has 0 saturated heterocycles. The summed E-state index contributed by atoms with van der Waals surface area (Å²) >= 11 is 0. The Morgan fingerprint density at radius 1 is 0.917 bits per heavy atom. The maximum absolute atomic E-state index is 10.9. The van der Waals surface area contributed by atoms with Gasteiger partial charge in [0.2, 0.25) is 0 Å². The van der Waals surface area contributed by atoms with E-state index in [1.165, 1.54) is 0 Å². The molecule has 74 valence electrons. The highest BCUT2D eigenvalue weighted by atomic mass is 32.2. The van der Waals surface area contributed by atoms with Crippen molar-refractivity contribution in [1.29, 1.82) is 0 Å². The molecule has 0 unspecified atom stereocenters. The molecule has 0 aliphatic carbocycles. The van der Waals surface area contributed by atoms with Gasteiger partial charge < -0.3 is 20.4 Å². The molecule has 0 amide bonds. The van der Waals surface area contributed by atoms with Gasteiger partial charge in [-0.1, -0.05) is 0 Å². The molecule has 0 fully saturated rings. The first-order valence-electron chi connectivity index (χ1n) is 3.59. The second-order valence-corrected chi connectivity index (χ2v) is 4.08. The van der Waals surface area contributed by atoms with Crippen molar-refractivity contribution >= 4 is 10.8 Å². The zero-order chi connectivity index (χ0) is 9.56. The van der Waals surface area contributed by atoms with Crippen LogP contribution >= 0.6 is 0 Å². The van der Waals surface area contributed by atoms with Crippen LogP contribution in [0.2, 0.25) is 0 Å². The van der Waals surface area contributed by atoms with E-state index < -0.39 is 23.4 Å². The van der Waals surface area contributed by atoms with Crippen LogP contribution in [0.3, 0.4) is 0 Å². The normalized spacial score (nSPS) is 11.9. The van der Waals surface area contributed by atoms with Crippen molar-refractivity contribution in [2.24, 2.45) is 0 Å². The number of aliphatic hydroxyl groups excluding tert-OH is 2. The van der Waals surface area contributed by atoms with Gasteiger partial charge in [-0.15, -0.1) is 0 Å². The van der Waals surface area contributed by atoms with Gasteiger partial charge in [0, 0.05) is 35.1 Å². The standard InChI is InChI=1S/C6H14O5S/c7-5(8)1-3-12(11)4-2-6(9)10/h5-10H,1-4H2. The Morgan fingerprint density at radius 3 is 1.50 bits per heavy atom. The lowest BCUT2D eigenvalue weighted by molar-refractivity contribution is -0.0411. The summed E-state index contributed by atoms with van der Waals surface area (Å²) in [5, 5.41) is 33.6. The Hall–Kier alpha value is -0.0100. The van der Waals surface area contributed by atoms with Crippen molar-refractivity contribution in [3.05, 3.63) is 0 Å². The second kappa shape index (κ2) is 6.50. The van der Waals surface area contributed by atoms with Gasteiger partial charge in [-0.25, -0.2) is 0 Å². The van der Waals surface area contributed by atoms with E-state index in [9.17, 15) is 4.21 Å². The van der Waals surface area contributed by atoms with Gasteiger partial charge in [-0.05, 0) is 0 Å². The number of hydrogen-bond donors (Lipinski definition) is 4. The summed E-state index contributed by atoms with van der Waals surface area (Å²) in [7, 11) is -1.20. The fraction of sp³-hybridized carbons (Fsp3) is 1.00. The lowest BCUT2D eigenvalue weighted by Gasteiger charge is -2.04. The Bertz CT molecular complexity index is 122. The van der Waals surface area contributed by atoms with Crippen molar-refractivity contribution < 1.29 is 24.6 Å². The second-order valence-electron chi connectivity index (χ2n) is 2.39. The highest BCUT2D eigenvalue weighted by Crippen LogP contribution is 1.95.